The highest BCUT2D eigenvalue weighted by atomic mass is 16.6. The largest absolute Gasteiger partial charge is 0.497 e. The van der Waals surface area contributed by atoms with Gasteiger partial charge in [0.1, 0.15) is 31.3 Å². The number of carbonyl (C=O) groups excluding carboxylic acids is 6. The van der Waals surface area contributed by atoms with Gasteiger partial charge in [0.25, 0.3) is 0 Å². The number of aliphatic hydroxyl groups is 2. The normalized spacial score (nSPS) is 16.1. The number of amides is 2. The van der Waals surface area contributed by atoms with Gasteiger partial charge in [0, 0.05) is 25.9 Å². The highest BCUT2D eigenvalue weighted by molar-refractivity contribution is 5.84. The van der Waals surface area contributed by atoms with Crippen LogP contribution in [0.2, 0.25) is 0 Å². The third kappa shape index (κ3) is 24.3. The van der Waals surface area contributed by atoms with Crippen LogP contribution in [0.1, 0.15) is 53.5 Å². The van der Waals surface area contributed by atoms with Crippen LogP contribution in [-0.2, 0) is 99.7 Å². The van der Waals surface area contributed by atoms with Crippen LogP contribution >= 0.6 is 0 Å². The molecule has 0 radical (unpaired) electrons. The standard InChI is InChI=1S/C19H19NO5.C12H13NO5.C12H12O4.C11H12O5.C4H6O5/c1-23-16-9-7-14(8-10-16)11-20-12-17(25-19(20)22)18(21)24-13-15-5-3-2-4-6-15;1-17-9-4-2-8(3-5-9)6-13-7-10(11(14)15)18-12(13)16;13-11-7-6-10(16-11)12(14)15-8-9-4-2-1-3-5-9;12-9(6-10(13)14)11(15)16-7-8-4-2-1-3-5-8;5-2(4(8)9)1-3(6)7/h2-10,17H,11-13H2,1H3;2-5,10H,6-7H2,1H3,(H,14,15);1-5,10H,6-8H2;1-5,9,12H,6-7H2,(H,13,14);2,5H,1H2,(H,6,7)(H,8,9)/t17-;2*10-;9-;2-/m11111/s1. The molecule has 3 aliphatic heterocycles. The van der Waals surface area contributed by atoms with Gasteiger partial charge < -0.3 is 68.5 Å². The molecule has 2 amide bonds. The molecular formula is C58H62N2O24. The Bertz CT molecular complexity index is 2950. The Labute approximate surface area is 480 Å². The van der Waals surface area contributed by atoms with Gasteiger partial charge in [-0.15, -0.1) is 0 Å². The zero-order valence-electron chi connectivity index (χ0n) is 45.4. The number of nitrogens with zero attached hydrogens (tertiary/aromatic N) is 2. The molecule has 3 fully saturated rings. The third-order valence-corrected chi connectivity index (χ3v) is 11.5. The number of rotatable bonds is 21. The molecule has 0 unspecified atom stereocenters. The van der Waals surface area contributed by atoms with Crippen molar-refractivity contribution in [2.75, 3.05) is 27.3 Å². The zero-order valence-corrected chi connectivity index (χ0v) is 45.4. The van der Waals surface area contributed by atoms with Crippen LogP contribution in [0.25, 0.3) is 0 Å². The Kier molecular flexibility index (Phi) is 27.6. The number of esters is 4. The van der Waals surface area contributed by atoms with Crippen LogP contribution in [0.3, 0.4) is 0 Å². The Balaban J connectivity index is 0.000000233. The summed E-state index contributed by atoms with van der Waals surface area (Å²) in [7, 11) is 3.17. The van der Waals surface area contributed by atoms with Gasteiger partial charge in [-0.25, -0.2) is 33.6 Å². The number of carbonyl (C=O) groups is 10. The molecule has 5 aromatic rings. The second-order valence-corrected chi connectivity index (χ2v) is 17.9. The number of methoxy groups -OCH3 is 2. The SMILES string of the molecule is COc1ccc(CN2C[C@H](C(=O)O)OC2=O)cc1.COc1ccc(CN2C[C@H](C(=O)OCc3ccccc3)OC2=O)cc1.O=C(O)C[C@@H](O)C(=O)O.O=C(O)C[C@@H](O)C(=O)OCc1ccccc1.O=C1CC[C@H](C(=O)OCc2ccccc2)O1. The van der Waals surface area contributed by atoms with Crippen molar-refractivity contribution in [2.45, 2.75) is 89.1 Å². The van der Waals surface area contributed by atoms with E-state index in [2.05, 4.69) is 0 Å². The van der Waals surface area contributed by atoms with E-state index in [1.54, 1.807) is 50.6 Å². The molecule has 0 spiro atoms. The lowest BCUT2D eigenvalue weighted by molar-refractivity contribution is -0.162. The molecule has 8 rings (SSSR count). The maximum absolute atomic E-state index is 12.1. The number of aliphatic carboxylic acids is 4. The van der Waals surface area contributed by atoms with Crippen molar-refractivity contribution in [1.29, 1.82) is 0 Å². The predicted octanol–water partition coefficient (Wildman–Crippen LogP) is 4.77. The number of hydrogen-bond donors (Lipinski definition) is 6. The molecule has 0 bridgehead atoms. The van der Waals surface area contributed by atoms with Crippen molar-refractivity contribution in [3.05, 3.63) is 167 Å². The first-order valence-electron chi connectivity index (χ1n) is 25.4. The Hall–Kier alpha value is -10.1. The number of carboxylic acid groups (broad SMARTS) is 4. The average molecular weight is 1170 g/mol. The summed E-state index contributed by atoms with van der Waals surface area (Å²) in [6.07, 6.45) is -7.87. The number of cyclic esters (lactones) is 3. The Morgan fingerprint density at radius 2 is 0.869 bits per heavy atom. The Morgan fingerprint density at radius 1 is 0.488 bits per heavy atom. The molecule has 3 saturated heterocycles. The number of benzene rings is 5. The molecular weight excluding hydrogens is 1110 g/mol. The van der Waals surface area contributed by atoms with Crippen molar-refractivity contribution < 1.29 is 116 Å². The fraction of sp³-hybridized carbons (Fsp3) is 0.310. The van der Waals surface area contributed by atoms with Crippen molar-refractivity contribution in [3.63, 3.8) is 0 Å². The number of ether oxygens (including phenoxy) is 8. The lowest BCUT2D eigenvalue weighted by Gasteiger charge is -2.13. The van der Waals surface area contributed by atoms with Gasteiger partial charge in [-0.2, -0.15) is 0 Å². The first kappa shape index (κ1) is 66.4. The summed E-state index contributed by atoms with van der Waals surface area (Å²) in [5.41, 5.74) is 4.39. The third-order valence-electron chi connectivity index (χ3n) is 11.5. The van der Waals surface area contributed by atoms with E-state index in [0.717, 1.165) is 39.3 Å². The molecule has 448 valence electrons. The predicted molar refractivity (Wildman–Crippen MR) is 287 cm³/mol. The van der Waals surface area contributed by atoms with Crippen molar-refractivity contribution in [3.8, 4) is 11.5 Å². The van der Waals surface area contributed by atoms with Gasteiger partial charge >= 0.3 is 59.9 Å². The summed E-state index contributed by atoms with van der Waals surface area (Å²) < 4.78 is 39.8. The molecule has 0 aromatic heterocycles. The molecule has 6 N–H and O–H groups in total. The van der Waals surface area contributed by atoms with Crippen LogP contribution in [-0.4, -0.2) is 158 Å². The molecule has 0 saturated carbocycles. The first-order chi connectivity index (χ1) is 40.1. The van der Waals surface area contributed by atoms with Crippen molar-refractivity contribution in [2.24, 2.45) is 0 Å². The summed E-state index contributed by atoms with van der Waals surface area (Å²) in [5, 5.41) is 50.4. The molecule has 0 aliphatic carbocycles. The maximum Gasteiger partial charge on any atom is 0.411 e. The fourth-order valence-corrected chi connectivity index (χ4v) is 7.09. The molecule has 3 heterocycles. The van der Waals surface area contributed by atoms with Crippen molar-refractivity contribution >= 4 is 59.9 Å². The van der Waals surface area contributed by atoms with E-state index in [4.69, 9.17) is 68.5 Å². The average Bonchev–Trinajstić information content (AvgIpc) is 4.44. The smallest absolute Gasteiger partial charge is 0.411 e. The molecule has 84 heavy (non-hydrogen) atoms. The van der Waals surface area contributed by atoms with Crippen LogP contribution in [0, 0.1) is 0 Å². The summed E-state index contributed by atoms with van der Waals surface area (Å²) >= 11 is 0. The number of hydrogen-bond acceptors (Lipinski definition) is 20. The van der Waals surface area contributed by atoms with Crippen molar-refractivity contribution in [1.82, 2.24) is 9.80 Å². The maximum atomic E-state index is 12.1. The first-order valence-corrected chi connectivity index (χ1v) is 25.4. The van der Waals surface area contributed by atoms with E-state index in [-0.39, 0.29) is 38.9 Å². The summed E-state index contributed by atoms with van der Waals surface area (Å²) in [6, 6.07) is 42.2. The molecule has 5 atom stereocenters. The Morgan fingerprint density at radius 3 is 1.21 bits per heavy atom. The highest BCUT2D eigenvalue weighted by Crippen LogP contribution is 2.21. The minimum atomic E-state index is -1.79. The minimum absolute atomic E-state index is 0.0242. The number of carboxylic acids is 4. The van der Waals surface area contributed by atoms with E-state index >= 15 is 0 Å². The van der Waals surface area contributed by atoms with Crippen LogP contribution < -0.4 is 9.47 Å². The van der Waals surface area contributed by atoms with E-state index < -0.39 is 97.3 Å². The summed E-state index contributed by atoms with van der Waals surface area (Å²) in [6.45, 7) is 1.34. The van der Waals surface area contributed by atoms with E-state index in [1.807, 2.05) is 103 Å². The second-order valence-electron chi connectivity index (χ2n) is 17.9. The molecule has 26 heteroatoms. The monoisotopic (exact) mass is 1170 g/mol. The van der Waals surface area contributed by atoms with Gasteiger partial charge in [-0.3, -0.25) is 24.2 Å². The lowest BCUT2D eigenvalue weighted by atomic mass is 10.2. The van der Waals surface area contributed by atoms with Crippen LogP contribution in [0.5, 0.6) is 11.5 Å². The van der Waals surface area contributed by atoms with Gasteiger partial charge in [-0.1, -0.05) is 115 Å². The topological polar surface area (TPSA) is 372 Å². The summed E-state index contributed by atoms with van der Waals surface area (Å²) in [5.74, 6) is -6.00. The number of aliphatic hydroxyl groups excluding tert-OH is 2. The fourth-order valence-electron chi connectivity index (χ4n) is 7.09. The molecule has 3 aliphatic rings. The minimum Gasteiger partial charge on any atom is -0.497 e. The second kappa shape index (κ2) is 34.9. The van der Waals surface area contributed by atoms with Gasteiger partial charge in [-0.05, 0) is 52.1 Å². The van der Waals surface area contributed by atoms with E-state index in [1.165, 1.54) is 9.80 Å². The van der Waals surface area contributed by atoms with Gasteiger partial charge in [0.05, 0.1) is 40.2 Å². The van der Waals surface area contributed by atoms with E-state index in [0.29, 0.717) is 25.9 Å². The zero-order chi connectivity index (χ0) is 61.6. The molecule has 5 aromatic carbocycles. The molecule has 26 nitrogen and oxygen atoms in total. The quantitative estimate of drug-likeness (QED) is 0.0426. The van der Waals surface area contributed by atoms with Crippen LogP contribution in [0.4, 0.5) is 9.59 Å². The van der Waals surface area contributed by atoms with Gasteiger partial charge in [0.15, 0.2) is 18.3 Å². The van der Waals surface area contributed by atoms with E-state index in [9.17, 15) is 47.9 Å². The van der Waals surface area contributed by atoms with Gasteiger partial charge in [0.2, 0.25) is 12.2 Å². The van der Waals surface area contributed by atoms with Crippen LogP contribution in [0.15, 0.2) is 140 Å². The summed E-state index contributed by atoms with van der Waals surface area (Å²) in [4.78, 5) is 112. The highest BCUT2D eigenvalue weighted by Gasteiger charge is 2.38. The lowest BCUT2D eigenvalue weighted by Crippen LogP contribution is -2.29.